The molecule has 1 rings (SSSR count). The number of rotatable bonds is 10. The molecule has 46 heavy (non-hydrogen) atoms. The molecule has 3 N–H and O–H groups in total. The van der Waals surface area contributed by atoms with Crippen LogP contribution in [0.1, 0.15) is 69.2 Å². The maximum Gasteiger partial charge on any atom is 0.362 e. The zero-order valence-electron chi connectivity index (χ0n) is 29.5. The highest BCUT2D eigenvalue weighted by Gasteiger charge is 2.29. The highest BCUT2D eigenvalue weighted by atomic mass is 79.9. The van der Waals surface area contributed by atoms with Gasteiger partial charge in [-0.2, -0.15) is 0 Å². The molecule has 1 aliphatic rings. The van der Waals surface area contributed by atoms with Crippen molar-refractivity contribution >= 4 is 29.8 Å². The van der Waals surface area contributed by atoms with E-state index in [0.717, 1.165) is 4.90 Å². The van der Waals surface area contributed by atoms with Crippen LogP contribution in [0.2, 0.25) is 0 Å². The predicted octanol–water partition coefficient (Wildman–Crippen LogP) is -3.59. The number of carbonyl (C=O) groups is 5. The van der Waals surface area contributed by atoms with Gasteiger partial charge in [0.25, 0.3) is 0 Å². The number of quaternary nitrogens is 1. The molecule has 1 amide bonds. The van der Waals surface area contributed by atoms with E-state index in [0.29, 0.717) is 52.4 Å². The first-order valence-electron chi connectivity index (χ1n) is 15.7. The van der Waals surface area contributed by atoms with Crippen LogP contribution in [0.25, 0.3) is 0 Å². The van der Waals surface area contributed by atoms with Crippen molar-refractivity contribution in [2.24, 2.45) is 0 Å². The molecule has 0 aromatic carbocycles. The van der Waals surface area contributed by atoms with Crippen molar-refractivity contribution in [3.63, 3.8) is 0 Å². The Morgan fingerprint density at radius 3 is 1.57 bits per heavy atom. The number of hydrogen-bond donors (Lipinski definition) is 3. The highest BCUT2D eigenvalue weighted by Crippen LogP contribution is 2.10. The lowest BCUT2D eigenvalue weighted by molar-refractivity contribution is -0.891. The Morgan fingerprint density at radius 1 is 0.696 bits per heavy atom. The van der Waals surface area contributed by atoms with Crippen molar-refractivity contribution < 1.29 is 65.2 Å². The summed E-state index contributed by atoms with van der Waals surface area (Å²) < 4.78 is 16.7. The fourth-order valence-corrected chi connectivity index (χ4v) is 4.68. The molecular weight excluding hydrogens is 666 g/mol. The van der Waals surface area contributed by atoms with Crippen LogP contribution in [0.5, 0.6) is 0 Å². The van der Waals surface area contributed by atoms with E-state index in [1.165, 1.54) is 0 Å². The van der Waals surface area contributed by atoms with E-state index in [1.54, 1.807) is 48.5 Å². The molecule has 0 aromatic rings. The number of nitrogens with zero attached hydrogens (tertiary/aromatic N) is 3. The van der Waals surface area contributed by atoms with Gasteiger partial charge < -0.3 is 46.5 Å². The van der Waals surface area contributed by atoms with Crippen molar-refractivity contribution in [2.45, 2.75) is 92.1 Å². The predicted molar refractivity (Wildman–Crippen MR) is 168 cm³/mol. The molecule has 0 radical (unpaired) electrons. The normalized spacial score (nSPS) is 19.0. The number of amides is 1. The molecular formula is C31H58BrN5O9. The molecule has 2 atom stereocenters. The Labute approximate surface area is 285 Å². The molecule has 0 saturated carbocycles. The maximum absolute atomic E-state index is 12.9. The third kappa shape index (κ3) is 20.7. The van der Waals surface area contributed by atoms with E-state index < -0.39 is 41.3 Å². The van der Waals surface area contributed by atoms with Gasteiger partial charge in [0.1, 0.15) is 23.3 Å². The zero-order chi connectivity index (χ0) is 34.6. The first-order chi connectivity index (χ1) is 20.5. The second-order valence-corrected chi connectivity index (χ2v) is 14.6. The fraction of sp³-hybridized carbons (Fsp3) is 0.839. The van der Waals surface area contributed by atoms with E-state index in [9.17, 15) is 24.0 Å². The minimum Gasteiger partial charge on any atom is -1.00 e. The monoisotopic (exact) mass is 723 g/mol. The smallest absolute Gasteiger partial charge is 0.362 e. The van der Waals surface area contributed by atoms with Crippen molar-refractivity contribution in [3.05, 3.63) is 0 Å². The summed E-state index contributed by atoms with van der Waals surface area (Å²) in [5, 5.41) is 11.5. The van der Waals surface area contributed by atoms with E-state index in [4.69, 9.17) is 19.3 Å². The number of nitrogens with one attached hydrogen (secondary N) is 2. The Bertz CT molecular complexity index is 962. The quantitative estimate of drug-likeness (QED) is 0.151. The van der Waals surface area contributed by atoms with Crippen LogP contribution in [0.15, 0.2) is 0 Å². The second kappa shape index (κ2) is 19.5. The summed E-state index contributed by atoms with van der Waals surface area (Å²) in [7, 11) is 0. The van der Waals surface area contributed by atoms with Crippen LogP contribution >= 0.6 is 0 Å². The molecule has 1 saturated heterocycles. The van der Waals surface area contributed by atoms with Crippen molar-refractivity contribution in [1.29, 1.82) is 0 Å². The molecule has 0 spiro atoms. The summed E-state index contributed by atoms with van der Waals surface area (Å²) in [4.78, 5) is 69.1. The third-order valence-electron chi connectivity index (χ3n) is 6.67. The fourth-order valence-electron chi connectivity index (χ4n) is 4.68. The van der Waals surface area contributed by atoms with Crippen molar-refractivity contribution in [3.8, 4) is 0 Å². The zero-order valence-corrected chi connectivity index (χ0v) is 31.1. The van der Waals surface area contributed by atoms with Crippen LogP contribution in [0.3, 0.4) is 0 Å². The van der Waals surface area contributed by atoms with Gasteiger partial charge in [0.15, 0.2) is 6.54 Å². The van der Waals surface area contributed by atoms with E-state index in [-0.39, 0.29) is 54.5 Å². The van der Waals surface area contributed by atoms with Gasteiger partial charge in [-0.05, 0) is 69.2 Å². The lowest BCUT2D eigenvalue weighted by Crippen LogP contribution is -3.14. The number of carbonyl (C=O) groups excluding carboxylic acids is 4. The van der Waals surface area contributed by atoms with E-state index >= 15 is 0 Å². The Morgan fingerprint density at radius 2 is 1.11 bits per heavy atom. The summed E-state index contributed by atoms with van der Waals surface area (Å²) in [5.74, 6) is -2.68. The molecule has 2 unspecified atom stereocenters. The first kappa shape index (κ1) is 43.7. The molecule has 0 bridgehead atoms. The van der Waals surface area contributed by atoms with Crippen LogP contribution in [0, 0.1) is 0 Å². The summed E-state index contributed by atoms with van der Waals surface area (Å²) in [5.41, 5.74) is -1.95. The molecule has 268 valence electrons. The molecule has 1 fully saturated rings. The molecule has 1 aliphatic heterocycles. The molecule has 1 heterocycles. The van der Waals surface area contributed by atoms with Crippen LogP contribution in [-0.4, -0.2) is 151 Å². The average molecular weight is 725 g/mol. The van der Waals surface area contributed by atoms with E-state index in [1.807, 2.05) is 35.5 Å². The summed E-state index contributed by atoms with van der Waals surface area (Å²) in [6.45, 7) is 21.1. The number of carboxylic acids is 1. The van der Waals surface area contributed by atoms with Gasteiger partial charge in [0.05, 0.1) is 32.2 Å². The second-order valence-electron chi connectivity index (χ2n) is 14.6. The number of aliphatic carboxylic acids is 1. The van der Waals surface area contributed by atoms with Crippen molar-refractivity contribution in [2.75, 3.05) is 78.5 Å². The lowest BCUT2D eigenvalue weighted by atomic mass is 10.2. The van der Waals surface area contributed by atoms with Crippen LogP contribution in [0.4, 0.5) is 0 Å². The van der Waals surface area contributed by atoms with Crippen molar-refractivity contribution in [1.82, 2.24) is 20.0 Å². The van der Waals surface area contributed by atoms with Gasteiger partial charge in [-0.3, -0.25) is 33.9 Å². The van der Waals surface area contributed by atoms with Gasteiger partial charge >= 0.3 is 23.9 Å². The van der Waals surface area contributed by atoms with Gasteiger partial charge in [-0.1, -0.05) is 0 Å². The highest BCUT2D eigenvalue weighted by molar-refractivity contribution is 5.84. The molecule has 0 aliphatic carbocycles. The third-order valence-corrected chi connectivity index (χ3v) is 6.67. The minimum absolute atomic E-state index is 0. The number of carboxylic acid groups (broad SMARTS) is 1. The minimum atomic E-state index is -1.14. The Hall–Kier alpha value is -2.33. The summed E-state index contributed by atoms with van der Waals surface area (Å²) in [6, 6.07) is -0.665. The Kier molecular flexibility index (Phi) is 18.5. The summed E-state index contributed by atoms with van der Waals surface area (Å²) >= 11 is 0. The molecule has 14 nitrogen and oxygen atoms in total. The number of hydrogen-bond acceptors (Lipinski definition) is 11. The van der Waals surface area contributed by atoms with Gasteiger partial charge in [0, 0.05) is 39.3 Å². The van der Waals surface area contributed by atoms with Gasteiger partial charge in [0.2, 0.25) is 5.91 Å². The van der Waals surface area contributed by atoms with Crippen LogP contribution < -0.4 is 27.2 Å². The molecule has 0 aromatic heterocycles. The number of halogens is 1. The largest absolute Gasteiger partial charge is 1.00 e. The lowest BCUT2D eigenvalue weighted by Gasteiger charge is -2.35. The summed E-state index contributed by atoms with van der Waals surface area (Å²) in [6.07, 6.45) is 0. The van der Waals surface area contributed by atoms with Gasteiger partial charge in [-0.25, -0.2) is 4.79 Å². The molecule has 15 heteroatoms. The first-order valence-corrected chi connectivity index (χ1v) is 15.7. The van der Waals surface area contributed by atoms with Crippen LogP contribution in [-0.2, 0) is 38.2 Å². The van der Waals surface area contributed by atoms with Gasteiger partial charge in [-0.15, -0.1) is 0 Å². The Balaban J connectivity index is 0.0000202. The average Bonchev–Trinajstić information content (AvgIpc) is 2.83. The maximum atomic E-state index is 12.9. The number of ether oxygens (including phenoxy) is 3. The number of esters is 3. The van der Waals surface area contributed by atoms with E-state index in [2.05, 4.69) is 5.32 Å². The topological polar surface area (TPSA) is 159 Å². The standard InChI is InChI=1S/C31H57N5O9.BrH/c1-23(28(42)32-19-24(37)38)36-17-15-34(21-26(40)44-30(5,6)7)13-11-33(20-25(39)43-29(2,3)4)12-14-35(16-18-36)22-27(41)45-31(8,9)10;/h23H,11-22H2,1-10H3,(H,32,42)(H,37,38);1H. The SMILES string of the molecule is CC(C(=O)NCC(=O)O)N1CCN(CC(=O)OC(C)(C)C)CCN(CC(=O)OC(C)(C)C)CC[NH+](CC(=O)OC(C)(C)C)CC1.[Br-].